The van der Waals surface area contributed by atoms with Crippen LogP contribution in [0.5, 0.6) is 0 Å². The Kier molecular flexibility index (Phi) is 7.22. The van der Waals surface area contributed by atoms with Crippen LogP contribution in [0.4, 0.5) is 5.69 Å². The number of benzene rings is 1. The van der Waals surface area contributed by atoms with Crippen molar-refractivity contribution in [3.8, 4) is 0 Å². The molecule has 35 heavy (non-hydrogen) atoms. The van der Waals surface area contributed by atoms with Gasteiger partial charge in [-0.25, -0.2) is 0 Å². The average molecular weight is 487 g/mol. The van der Waals surface area contributed by atoms with Crippen LogP contribution in [0.25, 0.3) is 0 Å². The second kappa shape index (κ2) is 9.87. The molecule has 3 N–H and O–H groups in total. The summed E-state index contributed by atoms with van der Waals surface area (Å²) in [6, 6.07) is 4.73. The molecular formula is C26H38N4O5. The van der Waals surface area contributed by atoms with E-state index in [9.17, 15) is 19.5 Å². The molecule has 4 atom stereocenters. The normalized spacial score (nSPS) is 26.2. The van der Waals surface area contributed by atoms with Gasteiger partial charge in [-0.1, -0.05) is 27.7 Å². The van der Waals surface area contributed by atoms with E-state index in [0.29, 0.717) is 11.1 Å². The fraction of sp³-hybridized carbons (Fsp3) is 0.654. The minimum absolute atomic E-state index is 0.0253. The third-order valence-corrected chi connectivity index (χ3v) is 7.44. The Bertz CT molecular complexity index is 982. The topological polar surface area (TPSA) is 116 Å². The van der Waals surface area contributed by atoms with E-state index in [0.717, 1.165) is 44.8 Å². The summed E-state index contributed by atoms with van der Waals surface area (Å²) in [6.07, 6.45) is -0.501. The molecule has 9 heteroatoms. The van der Waals surface area contributed by atoms with Gasteiger partial charge in [-0.3, -0.25) is 19.3 Å². The maximum atomic E-state index is 14.0. The summed E-state index contributed by atoms with van der Waals surface area (Å²) in [5, 5.41) is 10.5. The van der Waals surface area contributed by atoms with E-state index >= 15 is 0 Å². The zero-order valence-corrected chi connectivity index (χ0v) is 21.2. The summed E-state index contributed by atoms with van der Waals surface area (Å²) in [4.78, 5) is 45.2. The van der Waals surface area contributed by atoms with Crippen LogP contribution in [0.15, 0.2) is 18.2 Å². The fourth-order valence-corrected chi connectivity index (χ4v) is 5.75. The molecule has 0 aromatic heterocycles. The molecule has 0 saturated carbocycles. The van der Waals surface area contributed by atoms with E-state index in [1.54, 1.807) is 6.07 Å². The summed E-state index contributed by atoms with van der Waals surface area (Å²) >= 11 is 0. The summed E-state index contributed by atoms with van der Waals surface area (Å²) in [7, 11) is 0. The number of ketones is 1. The molecule has 0 radical (unpaired) electrons. The van der Waals surface area contributed by atoms with Gasteiger partial charge in [-0.05, 0) is 42.1 Å². The third-order valence-electron chi connectivity index (χ3n) is 7.44. The fourth-order valence-electron chi connectivity index (χ4n) is 5.75. The van der Waals surface area contributed by atoms with Gasteiger partial charge < -0.3 is 25.4 Å². The molecule has 0 bridgehead atoms. The van der Waals surface area contributed by atoms with Gasteiger partial charge in [0.05, 0.1) is 12.5 Å². The minimum Gasteiger partial charge on any atom is -0.388 e. The quantitative estimate of drug-likeness (QED) is 0.616. The van der Waals surface area contributed by atoms with Gasteiger partial charge in [0.25, 0.3) is 0 Å². The molecule has 3 heterocycles. The van der Waals surface area contributed by atoms with Crippen molar-refractivity contribution < 1.29 is 24.2 Å². The first-order valence-electron chi connectivity index (χ1n) is 12.6. The number of aliphatic hydroxyl groups is 1. The van der Waals surface area contributed by atoms with Crippen LogP contribution < -0.4 is 10.6 Å². The number of carbonyl (C=O) groups excluding carboxylic acids is 3. The number of carbonyl (C=O) groups is 3. The Morgan fingerprint density at radius 3 is 2.49 bits per heavy atom. The van der Waals surface area contributed by atoms with Crippen LogP contribution in [0.1, 0.15) is 56.0 Å². The predicted molar refractivity (Wildman–Crippen MR) is 132 cm³/mol. The number of piperazine rings is 1. The molecule has 1 aromatic carbocycles. The highest BCUT2D eigenvalue weighted by Crippen LogP contribution is 2.42. The third kappa shape index (κ3) is 4.94. The Labute approximate surface area is 207 Å². The predicted octanol–water partition coefficient (Wildman–Crippen LogP) is 0.987. The highest BCUT2D eigenvalue weighted by atomic mass is 16.5. The number of primary amides is 1. The number of fused-ring (bicyclic) bond motifs is 1. The zero-order chi connectivity index (χ0) is 25.5. The number of aliphatic hydroxyl groups excluding tert-OH is 1. The number of ether oxygens (including phenoxy) is 1. The summed E-state index contributed by atoms with van der Waals surface area (Å²) in [5.74, 6) is -1.83. The van der Waals surface area contributed by atoms with Crippen LogP contribution in [0, 0.1) is 5.41 Å². The van der Waals surface area contributed by atoms with E-state index in [2.05, 4.69) is 16.7 Å². The number of likely N-dealkylation sites (tertiary alicyclic amines) is 1. The molecule has 3 aliphatic rings. The lowest BCUT2D eigenvalue weighted by atomic mass is 9.73. The first kappa shape index (κ1) is 25.6. The number of hydrogen-bond acceptors (Lipinski definition) is 7. The Hall–Kier alpha value is -2.49. The van der Waals surface area contributed by atoms with Gasteiger partial charge in [0.2, 0.25) is 11.8 Å². The Balaban J connectivity index is 1.70. The van der Waals surface area contributed by atoms with Crippen molar-refractivity contribution in [2.24, 2.45) is 11.1 Å². The largest absolute Gasteiger partial charge is 0.388 e. The van der Waals surface area contributed by atoms with Crippen LogP contribution in [0.2, 0.25) is 0 Å². The molecule has 1 aromatic rings. The molecule has 2 amide bonds. The van der Waals surface area contributed by atoms with Crippen molar-refractivity contribution in [3.63, 3.8) is 0 Å². The molecule has 4 rings (SSSR count). The van der Waals surface area contributed by atoms with Gasteiger partial charge in [0.15, 0.2) is 5.78 Å². The van der Waals surface area contributed by atoms with Crippen molar-refractivity contribution >= 4 is 23.3 Å². The first-order chi connectivity index (χ1) is 16.5. The van der Waals surface area contributed by atoms with E-state index in [1.807, 2.05) is 32.9 Å². The summed E-state index contributed by atoms with van der Waals surface area (Å²) in [6.45, 7) is 12.6. The number of hydrogen-bond donors (Lipinski definition) is 2. The van der Waals surface area contributed by atoms with Crippen molar-refractivity contribution in [1.82, 2.24) is 9.80 Å². The Morgan fingerprint density at radius 2 is 1.89 bits per heavy atom. The smallest absolute Gasteiger partial charge is 0.249 e. The van der Waals surface area contributed by atoms with Gasteiger partial charge in [0, 0.05) is 37.4 Å². The number of nitrogens with zero attached hydrogens (tertiary/aromatic N) is 3. The van der Waals surface area contributed by atoms with Gasteiger partial charge in [-0.15, -0.1) is 0 Å². The minimum atomic E-state index is -0.919. The van der Waals surface area contributed by atoms with Crippen LogP contribution in [-0.2, 0) is 14.3 Å². The lowest BCUT2D eigenvalue weighted by Gasteiger charge is -2.38. The highest BCUT2D eigenvalue weighted by molar-refractivity contribution is 5.99. The molecule has 0 aliphatic carbocycles. The average Bonchev–Trinajstić information content (AvgIpc) is 3.34. The maximum Gasteiger partial charge on any atom is 0.249 e. The molecule has 9 nitrogen and oxygen atoms in total. The van der Waals surface area contributed by atoms with E-state index in [1.165, 1.54) is 4.90 Å². The second-order valence-electron chi connectivity index (χ2n) is 11.0. The SMILES string of the molecule is CCCN1CCN(c2ccc(C(N)=O)c([C@@H](C(=O)N3C[C@@H](O)[C@H]4OCC(=O)[C@H]43)C(C)(C)C)c2)CC1. The van der Waals surface area contributed by atoms with Gasteiger partial charge in [-0.2, -0.15) is 0 Å². The molecule has 3 aliphatic heterocycles. The molecule has 3 saturated heterocycles. The first-order valence-corrected chi connectivity index (χ1v) is 12.6. The van der Waals surface area contributed by atoms with Crippen molar-refractivity contribution in [3.05, 3.63) is 29.3 Å². The Morgan fingerprint density at radius 1 is 1.20 bits per heavy atom. The van der Waals surface area contributed by atoms with Crippen molar-refractivity contribution in [2.45, 2.75) is 58.3 Å². The van der Waals surface area contributed by atoms with Crippen LogP contribution in [-0.4, -0.2) is 96.6 Å². The molecule has 3 fully saturated rings. The highest BCUT2D eigenvalue weighted by Gasteiger charge is 2.54. The van der Waals surface area contributed by atoms with Crippen LogP contribution >= 0.6 is 0 Å². The summed E-state index contributed by atoms with van der Waals surface area (Å²) < 4.78 is 5.46. The lowest BCUT2D eigenvalue weighted by Crippen LogP contribution is -2.47. The van der Waals surface area contributed by atoms with Crippen LogP contribution in [0.3, 0.4) is 0 Å². The number of amides is 2. The second-order valence-corrected chi connectivity index (χ2v) is 11.0. The van der Waals surface area contributed by atoms with E-state index in [-0.39, 0.29) is 24.8 Å². The lowest BCUT2D eigenvalue weighted by molar-refractivity contribution is -0.140. The molecule has 0 unspecified atom stereocenters. The van der Waals surface area contributed by atoms with E-state index in [4.69, 9.17) is 10.5 Å². The number of anilines is 1. The maximum absolute atomic E-state index is 14.0. The van der Waals surface area contributed by atoms with Crippen molar-refractivity contribution in [2.75, 3.05) is 50.8 Å². The number of nitrogens with two attached hydrogens (primary N) is 1. The number of rotatable bonds is 6. The molecule has 192 valence electrons. The summed E-state index contributed by atoms with van der Waals surface area (Å²) in [5.41, 5.74) is 7.00. The van der Waals surface area contributed by atoms with E-state index < -0.39 is 35.5 Å². The number of Topliss-reactive ketones (excluding diaryl/α,β-unsaturated/α-hetero) is 1. The van der Waals surface area contributed by atoms with Gasteiger partial charge >= 0.3 is 0 Å². The van der Waals surface area contributed by atoms with Crippen molar-refractivity contribution in [1.29, 1.82) is 0 Å². The van der Waals surface area contributed by atoms with Gasteiger partial charge in [0.1, 0.15) is 24.9 Å². The number of β-amino-alcohol motifs (C(OH)–C–C–N with tert-alkyl or cyclic N) is 1. The zero-order valence-electron chi connectivity index (χ0n) is 21.2. The standard InChI is InChI=1S/C26H38N4O5/c1-5-8-28-9-11-29(12-10-28)16-6-7-17(24(27)33)18(13-16)21(26(2,3)4)25(34)30-14-19(31)23-22(30)20(32)15-35-23/h6-7,13,19,21-23,31H,5,8-12,14-15H2,1-4H3,(H2,27,33)/t19-,21+,22-,23-/m1/s1. The molecular weight excluding hydrogens is 448 g/mol. The monoisotopic (exact) mass is 486 g/mol. The molecule has 0 spiro atoms.